The molecular formula is C12H9ClF2N2O2S. The second kappa shape index (κ2) is 5.26. The maximum absolute atomic E-state index is 13.4. The molecule has 8 heteroatoms. The van der Waals surface area contributed by atoms with Gasteiger partial charge in [0.15, 0.2) is 0 Å². The van der Waals surface area contributed by atoms with Gasteiger partial charge in [-0.1, -0.05) is 11.6 Å². The van der Waals surface area contributed by atoms with Crippen LogP contribution in [0.3, 0.4) is 0 Å². The van der Waals surface area contributed by atoms with E-state index in [4.69, 9.17) is 17.3 Å². The molecule has 20 heavy (non-hydrogen) atoms. The lowest BCUT2D eigenvalue weighted by atomic mass is 10.3. The Bertz CT molecular complexity index is 766. The second-order valence-corrected chi connectivity index (χ2v) is 6.00. The van der Waals surface area contributed by atoms with Crippen LogP contribution >= 0.6 is 11.6 Å². The fourth-order valence-corrected chi connectivity index (χ4v) is 2.68. The molecule has 2 rings (SSSR count). The first-order valence-corrected chi connectivity index (χ1v) is 7.18. The van der Waals surface area contributed by atoms with Gasteiger partial charge in [0, 0.05) is 6.07 Å². The van der Waals surface area contributed by atoms with Crippen molar-refractivity contribution in [2.24, 2.45) is 0 Å². The van der Waals surface area contributed by atoms with Crippen molar-refractivity contribution >= 4 is 33.0 Å². The van der Waals surface area contributed by atoms with E-state index in [1.807, 2.05) is 4.72 Å². The zero-order valence-corrected chi connectivity index (χ0v) is 11.5. The Kier molecular flexibility index (Phi) is 3.82. The van der Waals surface area contributed by atoms with Crippen LogP contribution in [-0.2, 0) is 10.0 Å². The van der Waals surface area contributed by atoms with Crippen LogP contribution in [0.25, 0.3) is 0 Å². The zero-order chi connectivity index (χ0) is 14.9. The molecule has 106 valence electrons. The van der Waals surface area contributed by atoms with Crippen LogP contribution in [0.2, 0.25) is 5.02 Å². The average molecular weight is 319 g/mol. The Morgan fingerprint density at radius 1 is 1.10 bits per heavy atom. The van der Waals surface area contributed by atoms with Gasteiger partial charge in [-0.05, 0) is 30.3 Å². The SMILES string of the molecule is Nc1cc(S(=O)(=O)Nc2cc(F)ccc2F)ccc1Cl. The average Bonchev–Trinajstić information content (AvgIpc) is 2.36. The van der Waals surface area contributed by atoms with Crippen LogP contribution in [0.4, 0.5) is 20.2 Å². The van der Waals surface area contributed by atoms with E-state index < -0.39 is 27.3 Å². The summed E-state index contributed by atoms with van der Waals surface area (Å²) in [5.74, 6) is -1.66. The number of anilines is 2. The fourth-order valence-electron chi connectivity index (χ4n) is 1.47. The summed E-state index contributed by atoms with van der Waals surface area (Å²) in [7, 11) is -4.09. The number of benzene rings is 2. The van der Waals surface area contributed by atoms with Crippen LogP contribution in [0.15, 0.2) is 41.3 Å². The molecule has 0 fully saturated rings. The number of sulfonamides is 1. The molecular weight excluding hydrogens is 310 g/mol. The predicted octanol–water partition coefficient (Wildman–Crippen LogP) is 3.00. The van der Waals surface area contributed by atoms with Gasteiger partial charge in [0.2, 0.25) is 0 Å². The van der Waals surface area contributed by atoms with Gasteiger partial charge in [-0.15, -0.1) is 0 Å². The van der Waals surface area contributed by atoms with E-state index in [-0.39, 0.29) is 15.6 Å². The number of halogens is 3. The third-order valence-electron chi connectivity index (χ3n) is 2.45. The molecule has 0 aliphatic rings. The van der Waals surface area contributed by atoms with Gasteiger partial charge >= 0.3 is 0 Å². The van der Waals surface area contributed by atoms with Gasteiger partial charge < -0.3 is 5.73 Å². The van der Waals surface area contributed by atoms with E-state index in [0.29, 0.717) is 0 Å². The standard InChI is InChI=1S/C12H9ClF2N2O2S/c13-9-3-2-8(6-11(9)16)20(18,19)17-12-5-7(14)1-4-10(12)15/h1-6,17H,16H2. The van der Waals surface area contributed by atoms with Crippen LogP contribution in [0, 0.1) is 11.6 Å². The molecule has 3 N–H and O–H groups in total. The zero-order valence-electron chi connectivity index (χ0n) is 9.90. The van der Waals surface area contributed by atoms with Crippen molar-refractivity contribution in [2.75, 3.05) is 10.5 Å². The normalized spacial score (nSPS) is 11.3. The Hall–Kier alpha value is -1.86. The van der Waals surface area contributed by atoms with Crippen molar-refractivity contribution in [2.45, 2.75) is 4.90 Å². The highest BCUT2D eigenvalue weighted by Gasteiger charge is 2.17. The lowest BCUT2D eigenvalue weighted by molar-refractivity contribution is 0.594. The Morgan fingerprint density at radius 3 is 2.45 bits per heavy atom. The highest BCUT2D eigenvalue weighted by molar-refractivity contribution is 7.92. The van der Waals surface area contributed by atoms with Crippen LogP contribution in [-0.4, -0.2) is 8.42 Å². The molecule has 0 saturated heterocycles. The molecule has 0 aliphatic heterocycles. The lowest BCUT2D eigenvalue weighted by Gasteiger charge is -2.10. The molecule has 0 bridgehead atoms. The minimum atomic E-state index is -4.09. The summed E-state index contributed by atoms with van der Waals surface area (Å²) in [5.41, 5.74) is 5.08. The first-order chi connectivity index (χ1) is 9.29. The molecule has 0 amide bonds. The lowest BCUT2D eigenvalue weighted by Crippen LogP contribution is -2.14. The van der Waals surface area contributed by atoms with Gasteiger partial charge in [0.1, 0.15) is 11.6 Å². The molecule has 2 aromatic rings. The second-order valence-electron chi connectivity index (χ2n) is 3.91. The molecule has 0 aliphatic carbocycles. The fraction of sp³-hybridized carbons (Fsp3) is 0. The minimum Gasteiger partial charge on any atom is -0.397 e. The molecule has 0 unspecified atom stereocenters. The molecule has 0 radical (unpaired) electrons. The van der Waals surface area contributed by atoms with Crippen molar-refractivity contribution in [3.8, 4) is 0 Å². The molecule has 0 spiro atoms. The number of nitrogens with one attached hydrogen (secondary N) is 1. The first kappa shape index (κ1) is 14.5. The number of rotatable bonds is 3. The summed E-state index contributed by atoms with van der Waals surface area (Å²) >= 11 is 5.69. The number of nitrogen functional groups attached to an aromatic ring is 1. The summed E-state index contributed by atoms with van der Waals surface area (Å²) in [6.07, 6.45) is 0. The van der Waals surface area contributed by atoms with Crippen molar-refractivity contribution in [1.29, 1.82) is 0 Å². The van der Waals surface area contributed by atoms with E-state index in [0.717, 1.165) is 24.3 Å². The summed E-state index contributed by atoms with van der Waals surface area (Å²) in [4.78, 5) is -0.205. The van der Waals surface area contributed by atoms with Gasteiger partial charge in [-0.2, -0.15) is 0 Å². The number of hydrogen-bond acceptors (Lipinski definition) is 3. The van der Waals surface area contributed by atoms with Crippen molar-refractivity contribution in [3.05, 3.63) is 53.1 Å². The third-order valence-corrected chi connectivity index (χ3v) is 4.16. The highest BCUT2D eigenvalue weighted by Crippen LogP contribution is 2.25. The van der Waals surface area contributed by atoms with E-state index in [1.54, 1.807) is 0 Å². The van der Waals surface area contributed by atoms with Crippen molar-refractivity contribution < 1.29 is 17.2 Å². The van der Waals surface area contributed by atoms with Gasteiger partial charge in [0.05, 0.1) is 21.3 Å². The molecule has 0 aromatic heterocycles. The highest BCUT2D eigenvalue weighted by atomic mass is 35.5. The van der Waals surface area contributed by atoms with Gasteiger partial charge in [0.25, 0.3) is 10.0 Å². The summed E-state index contributed by atoms with van der Waals surface area (Å²) < 4.78 is 52.4. The monoisotopic (exact) mass is 318 g/mol. The van der Waals surface area contributed by atoms with Crippen LogP contribution in [0.1, 0.15) is 0 Å². The van der Waals surface area contributed by atoms with Crippen molar-refractivity contribution in [3.63, 3.8) is 0 Å². The smallest absolute Gasteiger partial charge is 0.262 e. The molecule has 4 nitrogen and oxygen atoms in total. The summed E-state index contributed by atoms with van der Waals surface area (Å²) in [6, 6.07) is 6.08. The summed E-state index contributed by atoms with van der Waals surface area (Å²) in [6.45, 7) is 0. The third kappa shape index (κ3) is 3.00. The molecule has 2 aromatic carbocycles. The molecule has 0 atom stereocenters. The maximum atomic E-state index is 13.4. The minimum absolute atomic E-state index is 0.0641. The van der Waals surface area contributed by atoms with Crippen LogP contribution in [0.5, 0.6) is 0 Å². The van der Waals surface area contributed by atoms with E-state index in [9.17, 15) is 17.2 Å². The molecule has 0 saturated carbocycles. The Balaban J connectivity index is 2.40. The van der Waals surface area contributed by atoms with Gasteiger partial charge in [-0.3, -0.25) is 4.72 Å². The quantitative estimate of drug-likeness (QED) is 0.854. The van der Waals surface area contributed by atoms with Crippen molar-refractivity contribution in [1.82, 2.24) is 0 Å². The number of hydrogen-bond donors (Lipinski definition) is 2. The molecule has 0 heterocycles. The van der Waals surface area contributed by atoms with E-state index >= 15 is 0 Å². The maximum Gasteiger partial charge on any atom is 0.262 e. The Morgan fingerprint density at radius 2 is 1.80 bits per heavy atom. The van der Waals surface area contributed by atoms with E-state index in [2.05, 4.69) is 0 Å². The largest absolute Gasteiger partial charge is 0.397 e. The Labute approximate surface area is 119 Å². The summed E-state index contributed by atoms with van der Waals surface area (Å²) in [5, 5.41) is 0.195. The number of nitrogens with two attached hydrogens (primary N) is 1. The topological polar surface area (TPSA) is 72.2 Å². The van der Waals surface area contributed by atoms with E-state index in [1.165, 1.54) is 12.1 Å². The first-order valence-electron chi connectivity index (χ1n) is 5.32. The van der Waals surface area contributed by atoms with Crippen LogP contribution < -0.4 is 10.5 Å². The predicted molar refractivity (Wildman–Crippen MR) is 73.0 cm³/mol. The van der Waals surface area contributed by atoms with Gasteiger partial charge in [-0.25, -0.2) is 17.2 Å².